The van der Waals surface area contributed by atoms with Gasteiger partial charge in [0.2, 0.25) is 5.71 Å². The molecule has 0 aliphatic heterocycles. The Balaban J connectivity index is 0. The number of oxime groups is 1. The van der Waals surface area contributed by atoms with Gasteiger partial charge in [-0.05, 0) is 0 Å². The van der Waals surface area contributed by atoms with E-state index in [1.807, 2.05) is 0 Å². The first kappa shape index (κ1) is 11.8. The van der Waals surface area contributed by atoms with Crippen molar-refractivity contribution in [2.45, 2.75) is 0 Å². The fourth-order valence-electron chi connectivity index (χ4n) is 0.127. The van der Waals surface area contributed by atoms with Gasteiger partial charge in [-0.15, -0.1) is 0 Å². The van der Waals surface area contributed by atoms with E-state index in [1.54, 1.807) is 0 Å². The summed E-state index contributed by atoms with van der Waals surface area (Å²) in [5.41, 5.74) is 3.82. The second-order valence-electron chi connectivity index (χ2n) is 0.925. The average Bonchev–Trinajstić information content (AvgIpc) is 1.69. The van der Waals surface area contributed by atoms with Crippen molar-refractivity contribution in [3.8, 4) is 6.07 Å². The second kappa shape index (κ2) is 6.19. The molecule has 0 heterocycles. The Morgan fingerprint density at radius 3 is 2.22 bits per heavy atom. The molecule has 0 unspecified atom stereocenters. The van der Waals surface area contributed by atoms with Crippen LogP contribution in [-0.2, 0) is 4.79 Å². The van der Waals surface area contributed by atoms with E-state index in [-0.39, 0.29) is 51.4 Å². The number of hydrogen-bond donors (Lipinski definition) is 2. The first-order valence-corrected chi connectivity index (χ1v) is 1.64. The zero-order valence-electron chi connectivity index (χ0n) is 3.83. The minimum absolute atomic E-state index is 0. The zero-order chi connectivity index (χ0) is 6.57. The van der Waals surface area contributed by atoms with Crippen molar-refractivity contribution >= 4 is 63.0 Å². The van der Waals surface area contributed by atoms with Crippen molar-refractivity contribution in [2.24, 2.45) is 10.9 Å². The van der Waals surface area contributed by atoms with Gasteiger partial charge in [-0.25, -0.2) is 0 Å². The molecule has 0 aromatic carbocycles. The number of primary amides is 1. The van der Waals surface area contributed by atoms with E-state index in [0.29, 0.717) is 0 Å². The quantitative estimate of drug-likeness (QED) is 0.201. The number of amides is 1. The third-order valence-electron chi connectivity index (χ3n) is 0.439. The first-order valence-electron chi connectivity index (χ1n) is 1.64. The molecule has 6 heteroatoms. The molecule has 0 atom stereocenters. The summed E-state index contributed by atoms with van der Waals surface area (Å²) in [6.07, 6.45) is 0. The standard InChI is InChI=1S/C3H3N3O2.K.H/c4-1-2(6-8)3(5)7;;/h8H,(H2,5,7);;. The van der Waals surface area contributed by atoms with Crippen LogP contribution >= 0.6 is 0 Å². The third-order valence-corrected chi connectivity index (χ3v) is 0.439. The summed E-state index contributed by atoms with van der Waals surface area (Å²) in [5.74, 6) is -1.03. The Bertz CT molecular complexity index is 170. The van der Waals surface area contributed by atoms with Gasteiger partial charge >= 0.3 is 51.4 Å². The number of carbonyl (C=O) groups excluding carboxylic acids is 1. The van der Waals surface area contributed by atoms with Gasteiger partial charge in [-0.2, -0.15) is 5.26 Å². The second-order valence-corrected chi connectivity index (χ2v) is 0.925. The molecule has 0 fully saturated rings. The molecule has 0 rings (SSSR count). The molecule has 0 aromatic rings. The van der Waals surface area contributed by atoms with Gasteiger partial charge in [0.25, 0.3) is 5.91 Å². The number of hydrogen-bond acceptors (Lipinski definition) is 4. The van der Waals surface area contributed by atoms with E-state index in [1.165, 1.54) is 6.07 Å². The van der Waals surface area contributed by atoms with Crippen LogP contribution in [0.2, 0.25) is 0 Å². The van der Waals surface area contributed by atoms with Crippen molar-refractivity contribution in [3.05, 3.63) is 0 Å². The van der Waals surface area contributed by atoms with Gasteiger partial charge in [0.15, 0.2) is 0 Å². The van der Waals surface area contributed by atoms with Gasteiger partial charge < -0.3 is 10.9 Å². The molecule has 0 radical (unpaired) electrons. The Labute approximate surface area is 93.9 Å². The summed E-state index contributed by atoms with van der Waals surface area (Å²) in [4.78, 5) is 9.87. The summed E-state index contributed by atoms with van der Waals surface area (Å²) in [6, 6.07) is 1.28. The van der Waals surface area contributed by atoms with Crippen LogP contribution in [0.1, 0.15) is 0 Å². The minimum atomic E-state index is -1.03. The van der Waals surface area contributed by atoms with Crippen LogP contribution in [0, 0.1) is 11.3 Å². The third kappa shape index (κ3) is 4.56. The van der Waals surface area contributed by atoms with Crippen LogP contribution in [0.3, 0.4) is 0 Å². The van der Waals surface area contributed by atoms with Crippen LogP contribution in [0.25, 0.3) is 0 Å². The van der Waals surface area contributed by atoms with Crippen molar-refractivity contribution in [2.75, 3.05) is 0 Å². The number of rotatable bonds is 1. The SMILES string of the molecule is N#CC(=NO)C(N)=O.[KH]. The number of nitriles is 1. The van der Waals surface area contributed by atoms with E-state index in [2.05, 4.69) is 10.9 Å². The molecular weight excluding hydrogens is 149 g/mol. The fraction of sp³-hybridized carbons (Fsp3) is 0. The van der Waals surface area contributed by atoms with Crippen LogP contribution in [0.4, 0.5) is 0 Å². The molecule has 0 saturated heterocycles. The van der Waals surface area contributed by atoms with Gasteiger partial charge in [-0.3, -0.25) is 4.79 Å². The number of nitrogens with two attached hydrogens (primary N) is 1. The summed E-state index contributed by atoms with van der Waals surface area (Å²) in [7, 11) is 0. The molecule has 0 aliphatic rings. The van der Waals surface area contributed by atoms with E-state index >= 15 is 0 Å². The van der Waals surface area contributed by atoms with Crippen LogP contribution in [0.5, 0.6) is 0 Å². The predicted molar refractivity (Wildman–Crippen MR) is 31.2 cm³/mol. The molecule has 0 aromatic heterocycles. The van der Waals surface area contributed by atoms with E-state index in [4.69, 9.17) is 10.5 Å². The number of nitrogens with zero attached hydrogens (tertiary/aromatic N) is 2. The van der Waals surface area contributed by atoms with Crippen molar-refractivity contribution in [1.29, 1.82) is 5.26 Å². The molecule has 3 N–H and O–H groups in total. The molecule has 5 nitrogen and oxygen atoms in total. The van der Waals surface area contributed by atoms with Crippen molar-refractivity contribution < 1.29 is 10.0 Å². The Hall–Kier alpha value is 0.0664. The van der Waals surface area contributed by atoms with Crippen molar-refractivity contribution in [1.82, 2.24) is 0 Å². The predicted octanol–water partition coefficient (Wildman–Crippen LogP) is -1.82. The summed E-state index contributed by atoms with van der Waals surface area (Å²) in [5, 5.41) is 17.9. The molecule has 44 valence electrons. The van der Waals surface area contributed by atoms with Gasteiger partial charge in [0, 0.05) is 0 Å². The molecule has 0 saturated carbocycles. The summed E-state index contributed by atoms with van der Waals surface area (Å²) in [6.45, 7) is 0. The molecule has 0 bridgehead atoms. The maximum absolute atomic E-state index is 9.87. The monoisotopic (exact) mass is 153 g/mol. The topological polar surface area (TPSA) is 99.5 Å². The Morgan fingerprint density at radius 1 is 1.78 bits per heavy atom. The number of carbonyl (C=O) groups is 1. The molecule has 1 amide bonds. The molecule has 9 heavy (non-hydrogen) atoms. The fourth-order valence-corrected chi connectivity index (χ4v) is 0.127. The van der Waals surface area contributed by atoms with Crippen LogP contribution in [-0.4, -0.2) is 68.2 Å². The molecular formula is C3H4KN3O2. The normalized spacial score (nSPS) is 9.00. The van der Waals surface area contributed by atoms with Gasteiger partial charge in [0.05, 0.1) is 0 Å². The van der Waals surface area contributed by atoms with E-state index in [0.717, 1.165) is 0 Å². The van der Waals surface area contributed by atoms with E-state index < -0.39 is 11.6 Å². The van der Waals surface area contributed by atoms with Crippen LogP contribution < -0.4 is 5.73 Å². The Morgan fingerprint density at radius 2 is 2.22 bits per heavy atom. The molecule has 0 aliphatic carbocycles. The van der Waals surface area contributed by atoms with Crippen molar-refractivity contribution in [3.63, 3.8) is 0 Å². The van der Waals surface area contributed by atoms with Gasteiger partial charge in [-0.1, -0.05) is 5.16 Å². The zero-order valence-corrected chi connectivity index (χ0v) is 3.83. The summed E-state index contributed by atoms with van der Waals surface area (Å²) < 4.78 is 0. The maximum atomic E-state index is 9.87. The summed E-state index contributed by atoms with van der Waals surface area (Å²) >= 11 is 0. The van der Waals surface area contributed by atoms with Gasteiger partial charge in [0.1, 0.15) is 6.07 Å². The first-order chi connectivity index (χ1) is 3.72. The average molecular weight is 153 g/mol. The Kier molecular flexibility index (Phi) is 8.13. The van der Waals surface area contributed by atoms with Crippen LogP contribution in [0.15, 0.2) is 5.16 Å². The van der Waals surface area contributed by atoms with E-state index in [9.17, 15) is 4.79 Å². The molecule has 0 spiro atoms.